The van der Waals surface area contributed by atoms with Gasteiger partial charge in [0.15, 0.2) is 11.4 Å². The molecule has 0 atom stereocenters. The largest absolute Gasteiger partial charge is 0.497 e. The third-order valence-corrected chi connectivity index (χ3v) is 5.79. The Bertz CT molecular complexity index is 1200. The Morgan fingerprint density at radius 1 is 1.10 bits per heavy atom. The molecule has 158 valence electrons. The molecule has 0 aliphatic carbocycles. The zero-order valence-corrected chi connectivity index (χ0v) is 18.3. The number of carbonyl (C=O) groups excluding carboxylic acids is 1. The van der Waals surface area contributed by atoms with Crippen molar-refractivity contribution in [3.63, 3.8) is 0 Å². The Hall–Kier alpha value is -2.94. The number of ether oxygens (including phenoxy) is 1. The summed E-state index contributed by atoms with van der Waals surface area (Å²) in [5.41, 5.74) is -0.0655. The molecule has 0 saturated carbocycles. The molecular weight excluding hydrogens is 404 g/mol. The number of aryl methyl sites for hydroxylation is 2. The lowest BCUT2D eigenvalue weighted by Gasteiger charge is -2.11. The Kier molecular flexibility index (Phi) is 6.71. The lowest BCUT2D eigenvalue weighted by Crippen LogP contribution is -2.37. The van der Waals surface area contributed by atoms with E-state index >= 15 is 0 Å². The first-order chi connectivity index (χ1) is 14.4. The van der Waals surface area contributed by atoms with Crippen LogP contribution < -0.4 is 16.0 Å². The topological polar surface area (TPSA) is 96.1 Å². The van der Waals surface area contributed by atoms with Crippen LogP contribution in [-0.2, 0) is 20.5 Å². The van der Waals surface area contributed by atoms with Gasteiger partial charge in [0.05, 0.1) is 12.9 Å². The van der Waals surface area contributed by atoms with Crippen LogP contribution in [0.4, 0.5) is 0 Å². The first kappa shape index (κ1) is 21.8. The maximum Gasteiger partial charge on any atom is 0.332 e. The Balaban J connectivity index is 2.01. The molecule has 0 bridgehead atoms. The molecule has 2 aromatic heterocycles. The molecule has 2 heterocycles. The SMILES string of the molecule is CCCCc1nc(SCC(=O)c2ccc(OC)cc2)c2c(=O)n(C)c(=O)n(C)c2n1. The number of aromatic nitrogens is 4. The predicted molar refractivity (Wildman–Crippen MR) is 117 cm³/mol. The number of methoxy groups -OCH3 is 1. The molecule has 0 aliphatic rings. The number of Topliss-reactive ketones (excluding diaryl/α,β-unsaturated/α-hetero) is 1. The van der Waals surface area contributed by atoms with E-state index in [1.54, 1.807) is 38.4 Å². The minimum Gasteiger partial charge on any atom is -0.497 e. The number of rotatable bonds is 8. The summed E-state index contributed by atoms with van der Waals surface area (Å²) in [5, 5.41) is 0.677. The molecule has 1 aromatic carbocycles. The molecule has 30 heavy (non-hydrogen) atoms. The van der Waals surface area contributed by atoms with Crippen LogP contribution in [0.2, 0.25) is 0 Å². The average Bonchev–Trinajstić information content (AvgIpc) is 2.77. The molecule has 3 rings (SSSR count). The number of unbranched alkanes of at least 4 members (excludes halogenated alkanes) is 1. The maximum absolute atomic E-state index is 12.8. The van der Waals surface area contributed by atoms with Crippen LogP contribution in [-0.4, -0.2) is 37.7 Å². The van der Waals surface area contributed by atoms with Gasteiger partial charge in [-0.1, -0.05) is 25.1 Å². The van der Waals surface area contributed by atoms with Gasteiger partial charge in [-0.25, -0.2) is 14.8 Å². The van der Waals surface area contributed by atoms with Gasteiger partial charge in [-0.3, -0.25) is 18.7 Å². The van der Waals surface area contributed by atoms with Crippen molar-refractivity contribution in [3.8, 4) is 5.75 Å². The highest BCUT2D eigenvalue weighted by atomic mass is 32.2. The lowest BCUT2D eigenvalue weighted by atomic mass is 10.1. The molecule has 0 amide bonds. The van der Waals surface area contributed by atoms with Gasteiger partial charge in [-0.2, -0.15) is 0 Å². The zero-order chi connectivity index (χ0) is 21.8. The highest BCUT2D eigenvalue weighted by Gasteiger charge is 2.18. The molecule has 0 radical (unpaired) electrons. The summed E-state index contributed by atoms with van der Waals surface area (Å²) in [6.07, 6.45) is 2.49. The van der Waals surface area contributed by atoms with E-state index in [0.29, 0.717) is 34.2 Å². The highest BCUT2D eigenvalue weighted by Crippen LogP contribution is 2.24. The van der Waals surface area contributed by atoms with E-state index in [9.17, 15) is 14.4 Å². The molecule has 0 saturated heterocycles. The number of hydrogen-bond acceptors (Lipinski definition) is 7. The van der Waals surface area contributed by atoms with E-state index in [0.717, 1.165) is 17.4 Å². The summed E-state index contributed by atoms with van der Waals surface area (Å²) in [6.45, 7) is 2.07. The molecule has 8 nitrogen and oxygen atoms in total. The Morgan fingerprint density at radius 3 is 2.43 bits per heavy atom. The molecule has 0 spiro atoms. The number of thioether (sulfide) groups is 1. The van der Waals surface area contributed by atoms with E-state index in [4.69, 9.17) is 4.74 Å². The van der Waals surface area contributed by atoms with Crippen molar-refractivity contribution in [2.45, 2.75) is 31.2 Å². The van der Waals surface area contributed by atoms with Crippen molar-refractivity contribution in [2.24, 2.45) is 14.1 Å². The summed E-state index contributed by atoms with van der Waals surface area (Å²) in [7, 11) is 4.57. The van der Waals surface area contributed by atoms with Crippen LogP contribution in [0.5, 0.6) is 5.75 Å². The smallest absolute Gasteiger partial charge is 0.332 e. The van der Waals surface area contributed by atoms with Gasteiger partial charge in [0.1, 0.15) is 22.0 Å². The first-order valence-corrected chi connectivity index (χ1v) is 10.6. The lowest BCUT2D eigenvalue weighted by molar-refractivity contribution is 0.102. The fraction of sp³-hybridized carbons (Fsp3) is 0.381. The summed E-state index contributed by atoms with van der Waals surface area (Å²) in [4.78, 5) is 46.8. The van der Waals surface area contributed by atoms with E-state index in [2.05, 4.69) is 16.9 Å². The van der Waals surface area contributed by atoms with Crippen LogP contribution in [0.3, 0.4) is 0 Å². The van der Waals surface area contributed by atoms with Crippen LogP contribution >= 0.6 is 11.8 Å². The fourth-order valence-corrected chi connectivity index (χ4v) is 3.94. The van der Waals surface area contributed by atoms with E-state index in [1.807, 2.05) is 0 Å². The second kappa shape index (κ2) is 9.25. The number of fused-ring (bicyclic) bond motifs is 1. The molecule has 0 unspecified atom stereocenters. The van der Waals surface area contributed by atoms with Gasteiger partial charge in [-0.05, 0) is 30.7 Å². The predicted octanol–water partition coefficient (Wildman–Crippen LogP) is 2.35. The number of carbonyl (C=O) groups is 1. The highest BCUT2D eigenvalue weighted by molar-refractivity contribution is 8.00. The van der Waals surface area contributed by atoms with Crippen LogP contribution in [0.1, 0.15) is 35.9 Å². The molecule has 0 aliphatic heterocycles. The molecule has 0 fully saturated rings. The van der Waals surface area contributed by atoms with Gasteiger partial charge in [0, 0.05) is 26.1 Å². The quantitative estimate of drug-likeness (QED) is 0.309. The second-order valence-corrected chi connectivity index (χ2v) is 7.86. The number of nitrogens with zero attached hydrogens (tertiary/aromatic N) is 4. The van der Waals surface area contributed by atoms with E-state index in [-0.39, 0.29) is 16.9 Å². The third-order valence-electron chi connectivity index (χ3n) is 4.82. The Morgan fingerprint density at radius 2 is 1.80 bits per heavy atom. The maximum atomic E-state index is 12.8. The van der Waals surface area contributed by atoms with Crippen molar-refractivity contribution in [2.75, 3.05) is 12.9 Å². The standard InChI is InChI=1S/C21H24N4O4S/c1-5-6-7-16-22-18-17(20(27)25(3)21(28)24(18)2)19(23-16)30-12-15(26)13-8-10-14(29-4)11-9-13/h8-11H,5-7,12H2,1-4H3. The Labute approximate surface area is 177 Å². The van der Waals surface area contributed by atoms with Crippen molar-refractivity contribution in [1.29, 1.82) is 0 Å². The minimum absolute atomic E-state index is 0.0915. The van der Waals surface area contributed by atoms with Crippen molar-refractivity contribution in [3.05, 3.63) is 56.5 Å². The van der Waals surface area contributed by atoms with Crippen LogP contribution in [0, 0.1) is 0 Å². The fourth-order valence-electron chi connectivity index (χ4n) is 3.02. The number of hydrogen-bond donors (Lipinski definition) is 0. The van der Waals surface area contributed by atoms with Crippen molar-refractivity contribution in [1.82, 2.24) is 19.1 Å². The van der Waals surface area contributed by atoms with E-state index in [1.165, 1.54) is 23.4 Å². The third kappa shape index (κ3) is 4.30. The monoisotopic (exact) mass is 428 g/mol. The molecular formula is C21H24N4O4S. The number of benzene rings is 1. The molecule has 0 N–H and O–H groups in total. The average molecular weight is 429 g/mol. The van der Waals surface area contributed by atoms with Gasteiger partial charge in [0.25, 0.3) is 5.56 Å². The molecule has 9 heteroatoms. The summed E-state index contributed by atoms with van der Waals surface area (Å²) < 4.78 is 7.50. The minimum atomic E-state index is -0.463. The molecule has 3 aromatic rings. The first-order valence-electron chi connectivity index (χ1n) is 9.64. The van der Waals surface area contributed by atoms with Gasteiger partial charge < -0.3 is 4.74 Å². The van der Waals surface area contributed by atoms with E-state index < -0.39 is 11.2 Å². The summed E-state index contributed by atoms with van der Waals surface area (Å²) >= 11 is 1.19. The van der Waals surface area contributed by atoms with Crippen molar-refractivity contribution < 1.29 is 9.53 Å². The van der Waals surface area contributed by atoms with Gasteiger partial charge >= 0.3 is 5.69 Å². The van der Waals surface area contributed by atoms with Crippen LogP contribution in [0.25, 0.3) is 11.0 Å². The van der Waals surface area contributed by atoms with Gasteiger partial charge in [-0.15, -0.1) is 0 Å². The summed E-state index contributed by atoms with van der Waals surface area (Å²) in [6, 6.07) is 6.86. The normalized spacial score (nSPS) is 11.1. The van der Waals surface area contributed by atoms with Crippen LogP contribution in [0.15, 0.2) is 38.9 Å². The number of ketones is 1. The summed E-state index contributed by atoms with van der Waals surface area (Å²) in [5.74, 6) is 1.25. The van der Waals surface area contributed by atoms with Gasteiger partial charge in [0.2, 0.25) is 0 Å². The second-order valence-electron chi connectivity index (χ2n) is 6.89. The van der Waals surface area contributed by atoms with Crippen molar-refractivity contribution >= 4 is 28.6 Å². The zero-order valence-electron chi connectivity index (χ0n) is 17.5.